The Hall–Kier alpha value is -3.15. The number of hydrogen-bond acceptors (Lipinski definition) is 4. The summed E-state index contributed by atoms with van der Waals surface area (Å²) in [7, 11) is 0. The van der Waals surface area contributed by atoms with Crippen LogP contribution < -0.4 is 9.64 Å². The largest absolute Gasteiger partial charge is 0.487 e. The fourth-order valence-corrected chi connectivity index (χ4v) is 2.98. The molecule has 1 unspecified atom stereocenters. The van der Waals surface area contributed by atoms with Crippen molar-refractivity contribution >= 4 is 11.6 Å². The molecule has 0 radical (unpaired) electrons. The van der Waals surface area contributed by atoms with Gasteiger partial charge in [-0.1, -0.05) is 6.07 Å². The first-order chi connectivity index (χ1) is 12.1. The Balaban J connectivity index is 1.71. The van der Waals surface area contributed by atoms with Crippen molar-refractivity contribution in [3.63, 3.8) is 0 Å². The lowest BCUT2D eigenvalue weighted by molar-refractivity contribution is 0.0956. The van der Waals surface area contributed by atoms with Crippen LogP contribution in [0.3, 0.4) is 0 Å². The van der Waals surface area contributed by atoms with Gasteiger partial charge >= 0.3 is 0 Å². The van der Waals surface area contributed by atoms with Gasteiger partial charge in [-0.3, -0.25) is 14.7 Å². The van der Waals surface area contributed by atoms with Gasteiger partial charge in [-0.15, -0.1) is 0 Å². The van der Waals surface area contributed by atoms with Crippen LogP contribution in [0.5, 0.6) is 5.75 Å². The number of aryl methyl sites for hydroxylation is 1. The van der Waals surface area contributed by atoms with Gasteiger partial charge in [0.15, 0.2) is 0 Å². The molecule has 4 rings (SSSR count). The van der Waals surface area contributed by atoms with E-state index in [1.165, 1.54) is 0 Å². The summed E-state index contributed by atoms with van der Waals surface area (Å²) in [5.41, 5.74) is 3.06. The molecule has 0 N–H and O–H groups in total. The molecule has 3 aromatic rings. The van der Waals surface area contributed by atoms with E-state index in [-0.39, 0.29) is 12.0 Å². The van der Waals surface area contributed by atoms with Crippen molar-refractivity contribution in [3.05, 3.63) is 66.2 Å². The van der Waals surface area contributed by atoms with Crippen LogP contribution in [0.2, 0.25) is 0 Å². The molecule has 0 fully saturated rings. The van der Waals surface area contributed by atoms with E-state index in [0.29, 0.717) is 12.2 Å². The molecule has 1 atom stereocenters. The van der Waals surface area contributed by atoms with Gasteiger partial charge < -0.3 is 4.74 Å². The Morgan fingerprint density at radius 3 is 2.92 bits per heavy atom. The number of carbonyl (C=O) groups is 1. The van der Waals surface area contributed by atoms with E-state index >= 15 is 0 Å². The zero-order valence-corrected chi connectivity index (χ0v) is 14.1. The van der Waals surface area contributed by atoms with Gasteiger partial charge in [0, 0.05) is 18.6 Å². The Bertz CT molecular complexity index is 921. The molecule has 126 valence electrons. The highest BCUT2D eigenvalue weighted by atomic mass is 16.5. The molecule has 2 aromatic heterocycles. The number of hydrogen-bond donors (Lipinski definition) is 0. The van der Waals surface area contributed by atoms with Crippen LogP contribution in [-0.4, -0.2) is 33.3 Å². The van der Waals surface area contributed by atoms with Gasteiger partial charge in [0.25, 0.3) is 5.91 Å². The van der Waals surface area contributed by atoms with Crippen LogP contribution in [0.4, 0.5) is 5.69 Å². The van der Waals surface area contributed by atoms with Crippen molar-refractivity contribution in [2.45, 2.75) is 20.0 Å². The second-order valence-corrected chi connectivity index (χ2v) is 6.17. The molecule has 0 spiro atoms. The minimum atomic E-state index is -0.144. The Morgan fingerprint density at radius 1 is 1.24 bits per heavy atom. The van der Waals surface area contributed by atoms with Crippen LogP contribution >= 0.6 is 0 Å². The van der Waals surface area contributed by atoms with E-state index in [9.17, 15) is 4.79 Å². The number of rotatable bonds is 2. The number of aromatic nitrogens is 3. The Kier molecular flexibility index (Phi) is 3.72. The molecule has 1 amide bonds. The molecule has 0 saturated carbocycles. The number of benzene rings is 1. The van der Waals surface area contributed by atoms with Gasteiger partial charge in [-0.2, -0.15) is 5.10 Å². The summed E-state index contributed by atoms with van der Waals surface area (Å²) in [5, 5.41) is 4.20. The molecule has 6 heteroatoms. The third kappa shape index (κ3) is 2.87. The minimum Gasteiger partial charge on any atom is -0.487 e. The first-order valence-electron chi connectivity index (χ1n) is 8.17. The van der Waals surface area contributed by atoms with Crippen molar-refractivity contribution in [2.75, 3.05) is 11.4 Å². The highest BCUT2D eigenvalue weighted by Gasteiger charge is 2.29. The number of amides is 1. The van der Waals surface area contributed by atoms with Gasteiger partial charge in [0.05, 0.1) is 17.9 Å². The van der Waals surface area contributed by atoms with E-state index < -0.39 is 0 Å². The summed E-state index contributed by atoms with van der Waals surface area (Å²) < 4.78 is 7.59. The van der Waals surface area contributed by atoms with Gasteiger partial charge in [0.2, 0.25) is 0 Å². The lowest BCUT2D eigenvalue weighted by atomic mass is 10.1. The topological polar surface area (TPSA) is 60.2 Å². The summed E-state index contributed by atoms with van der Waals surface area (Å²) in [6.45, 7) is 4.45. The summed E-state index contributed by atoms with van der Waals surface area (Å²) in [6.07, 6.45) is 5.08. The fraction of sp³-hybridized carbons (Fsp3) is 0.211. The molecular weight excluding hydrogens is 316 g/mol. The summed E-state index contributed by atoms with van der Waals surface area (Å²) >= 11 is 0. The van der Waals surface area contributed by atoms with Crippen molar-refractivity contribution in [1.82, 2.24) is 14.8 Å². The molecule has 6 nitrogen and oxygen atoms in total. The molecule has 1 aliphatic heterocycles. The second-order valence-electron chi connectivity index (χ2n) is 6.17. The molecular formula is C19H18N4O2. The summed E-state index contributed by atoms with van der Waals surface area (Å²) in [6, 6.07) is 11.3. The van der Waals surface area contributed by atoms with Crippen molar-refractivity contribution in [3.8, 4) is 11.4 Å². The molecule has 25 heavy (non-hydrogen) atoms. The molecule has 0 saturated heterocycles. The van der Waals surface area contributed by atoms with Crippen LogP contribution in [0, 0.1) is 6.92 Å². The molecule has 0 aliphatic carbocycles. The van der Waals surface area contributed by atoms with E-state index in [1.54, 1.807) is 28.0 Å². The normalized spacial score (nSPS) is 16.2. The van der Waals surface area contributed by atoms with Crippen molar-refractivity contribution in [2.24, 2.45) is 0 Å². The predicted octanol–water partition coefficient (Wildman–Crippen LogP) is 3.00. The van der Waals surface area contributed by atoms with E-state index in [4.69, 9.17) is 4.74 Å². The zero-order valence-electron chi connectivity index (χ0n) is 14.1. The molecule has 1 aromatic carbocycles. The van der Waals surface area contributed by atoms with Crippen LogP contribution in [0.25, 0.3) is 5.69 Å². The predicted molar refractivity (Wildman–Crippen MR) is 94.3 cm³/mol. The van der Waals surface area contributed by atoms with Gasteiger partial charge in [-0.05, 0) is 49.7 Å². The number of ether oxygens (including phenoxy) is 1. The lowest BCUT2D eigenvalue weighted by Gasteiger charge is -2.33. The Morgan fingerprint density at radius 2 is 2.12 bits per heavy atom. The van der Waals surface area contributed by atoms with Crippen LogP contribution in [-0.2, 0) is 0 Å². The number of fused-ring (bicyclic) bond motifs is 1. The maximum atomic E-state index is 13.1. The van der Waals surface area contributed by atoms with Crippen molar-refractivity contribution < 1.29 is 9.53 Å². The highest BCUT2D eigenvalue weighted by Crippen LogP contribution is 2.35. The van der Waals surface area contributed by atoms with E-state index in [1.807, 2.05) is 50.4 Å². The smallest absolute Gasteiger partial charge is 0.277 e. The summed E-state index contributed by atoms with van der Waals surface area (Å²) in [4.78, 5) is 19.1. The van der Waals surface area contributed by atoms with Crippen molar-refractivity contribution in [1.29, 1.82) is 0 Å². The maximum absolute atomic E-state index is 13.1. The highest BCUT2D eigenvalue weighted by molar-refractivity contribution is 6.06. The SMILES string of the molecule is Cc1ccc2c(c1)OC(C)CN2C(=O)c1cc(-n2cccn2)ccn1. The van der Waals surface area contributed by atoms with Gasteiger partial charge in [0.1, 0.15) is 17.5 Å². The number of carbonyl (C=O) groups excluding carboxylic acids is 1. The number of pyridine rings is 1. The average molecular weight is 334 g/mol. The minimum absolute atomic E-state index is 0.0763. The standard InChI is InChI=1S/C19H18N4O2/c1-13-4-5-17-18(10-13)25-14(2)12-22(17)19(24)16-11-15(6-8-20-16)23-9-3-7-21-23/h3-11,14H,12H2,1-2H3. The van der Waals surface area contributed by atoms with Crippen LogP contribution in [0.1, 0.15) is 23.0 Å². The van der Waals surface area contributed by atoms with Gasteiger partial charge in [-0.25, -0.2) is 4.68 Å². The number of nitrogens with zero attached hydrogens (tertiary/aromatic N) is 4. The first kappa shape index (κ1) is 15.4. The fourth-order valence-electron chi connectivity index (χ4n) is 2.98. The first-order valence-corrected chi connectivity index (χ1v) is 8.17. The quantitative estimate of drug-likeness (QED) is 0.723. The summed E-state index contributed by atoms with van der Waals surface area (Å²) in [5.74, 6) is 0.588. The maximum Gasteiger partial charge on any atom is 0.277 e. The third-order valence-electron chi connectivity index (χ3n) is 4.15. The van der Waals surface area contributed by atoms with Crippen LogP contribution in [0.15, 0.2) is 55.0 Å². The molecule has 3 heterocycles. The lowest BCUT2D eigenvalue weighted by Crippen LogP contribution is -2.42. The molecule has 1 aliphatic rings. The molecule has 0 bridgehead atoms. The Labute approximate surface area is 145 Å². The second kappa shape index (κ2) is 6.05. The zero-order chi connectivity index (χ0) is 17.4. The van der Waals surface area contributed by atoms with E-state index in [2.05, 4.69) is 10.1 Å². The monoisotopic (exact) mass is 334 g/mol. The third-order valence-corrected chi connectivity index (χ3v) is 4.15. The van der Waals surface area contributed by atoms with E-state index in [0.717, 1.165) is 22.7 Å². The number of anilines is 1. The average Bonchev–Trinajstić information content (AvgIpc) is 3.15.